The molecule has 1 aliphatic rings. The van der Waals surface area contributed by atoms with Crippen LogP contribution in [-0.2, 0) is 5.41 Å². The summed E-state index contributed by atoms with van der Waals surface area (Å²) in [5, 5.41) is 4.27. The van der Waals surface area contributed by atoms with Gasteiger partial charge in [0.05, 0.1) is 0 Å². The smallest absolute Gasteiger partial charge is 0.0412 e. The van der Waals surface area contributed by atoms with Gasteiger partial charge in [-0.15, -0.1) is 0 Å². The molecule has 98 valence electrons. The Morgan fingerprint density at radius 2 is 1.84 bits per heavy atom. The third kappa shape index (κ3) is 2.35. The molecule has 0 bridgehead atoms. The minimum Gasteiger partial charge on any atom is -0.385 e. The van der Waals surface area contributed by atoms with Crippen LogP contribution in [0.2, 0.25) is 5.02 Å². The van der Waals surface area contributed by atoms with E-state index in [0.717, 1.165) is 11.6 Å². The third-order valence-corrected chi connectivity index (χ3v) is 4.21. The van der Waals surface area contributed by atoms with Crippen molar-refractivity contribution in [3.63, 3.8) is 0 Å². The molecule has 0 saturated carbocycles. The summed E-state index contributed by atoms with van der Waals surface area (Å²) in [4.78, 5) is 0. The maximum atomic E-state index is 6.08. The number of halogens is 1. The monoisotopic (exact) mass is 271 g/mol. The summed E-state index contributed by atoms with van der Waals surface area (Å²) < 4.78 is 0. The molecule has 1 aliphatic heterocycles. The van der Waals surface area contributed by atoms with Gasteiger partial charge in [0.1, 0.15) is 0 Å². The molecule has 3 rings (SSSR count). The third-order valence-electron chi connectivity index (χ3n) is 3.97. The maximum Gasteiger partial charge on any atom is 0.0412 e. The van der Waals surface area contributed by atoms with Gasteiger partial charge in [-0.1, -0.05) is 43.6 Å². The van der Waals surface area contributed by atoms with Crippen molar-refractivity contribution < 1.29 is 0 Å². The second kappa shape index (κ2) is 4.57. The quantitative estimate of drug-likeness (QED) is 0.761. The predicted octanol–water partition coefficient (Wildman–Crippen LogP) is 5.10. The normalized spacial score (nSPS) is 16.6. The van der Waals surface area contributed by atoms with E-state index in [1.165, 1.54) is 28.8 Å². The van der Waals surface area contributed by atoms with Crippen LogP contribution in [0.5, 0.6) is 0 Å². The summed E-state index contributed by atoms with van der Waals surface area (Å²) in [5.41, 5.74) is 5.31. The highest BCUT2D eigenvalue weighted by Crippen LogP contribution is 2.39. The lowest BCUT2D eigenvalue weighted by Gasteiger charge is -2.33. The second-order valence-electron chi connectivity index (χ2n) is 5.83. The molecule has 2 aromatic rings. The minimum atomic E-state index is 0.231. The fourth-order valence-electron chi connectivity index (χ4n) is 2.75. The number of anilines is 1. The Hall–Kier alpha value is -1.47. The van der Waals surface area contributed by atoms with Gasteiger partial charge in [-0.05, 0) is 52.8 Å². The van der Waals surface area contributed by atoms with Crippen LogP contribution in [0.3, 0.4) is 0 Å². The molecule has 1 N–H and O–H groups in total. The molecule has 0 saturated heterocycles. The van der Waals surface area contributed by atoms with Gasteiger partial charge in [-0.3, -0.25) is 0 Å². The summed E-state index contributed by atoms with van der Waals surface area (Å²) in [5.74, 6) is 0. The first-order valence-electron chi connectivity index (χ1n) is 6.71. The van der Waals surface area contributed by atoms with Crippen LogP contribution in [0.25, 0.3) is 11.1 Å². The van der Waals surface area contributed by atoms with Crippen molar-refractivity contribution in [2.75, 3.05) is 11.9 Å². The average molecular weight is 272 g/mol. The second-order valence-corrected chi connectivity index (χ2v) is 6.27. The van der Waals surface area contributed by atoms with Gasteiger partial charge in [0.15, 0.2) is 0 Å². The predicted molar refractivity (Wildman–Crippen MR) is 83.0 cm³/mol. The van der Waals surface area contributed by atoms with E-state index in [-0.39, 0.29) is 5.41 Å². The number of hydrogen-bond donors (Lipinski definition) is 1. The van der Waals surface area contributed by atoms with E-state index in [0.29, 0.717) is 0 Å². The van der Waals surface area contributed by atoms with Crippen LogP contribution in [0, 0.1) is 0 Å². The zero-order valence-corrected chi connectivity index (χ0v) is 12.1. The van der Waals surface area contributed by atoms with Crippen LogP contribution < -0.4 is 5.32 Å². The fraction of sp³-hybridized carbons (Fsp3) is 0.294. The Morgan fingerprint density at radius 1 is 1.05 bits per heavy atom. The van der Waals surface area contributed by atoms with Gasteiger partial charge in [0.25, 0.3) is 0 Å². The van der Waals surface area contributed by atoms with Gasteiger partial charge in [-0.25, -0.2) is 0 Å². The van der Waals surface area contributed by atoms with E-state index in [1.807, 2.05) is 18.2 Å². The Morgan fingerprint density at radius 3 is 2.63 bits per heavy atom. The van der Waals surface area contributed by atoms with E-state index >= 15 is 0 Å². The lowest BCUT2D eigenvalue weighted by atomic mass is 9.77. The molecule has 0 radical (unpaired) electrons. The fourth-order valence-corrected chi connectivity index (χ4v) is 2.94. The molecule has 2 aromatic carbocycles. The van der Waals surface area contributed by atoms with Gasteiger partial charge in [0, 0.05) is 17.3 Å². The molecule has 0 atom stereocenters. The number of nitrogens with one attached hydrogen (secondary N) is 1. The van der Waals surface area contributed by atoms with Crippen molar-refractivity contribution in [1.82, 2.24) is 0 Å². The van der Waals surface area contributed by atoms with E-state index in [2.05, 4.69) is 43.4 Å². The summed E-state index contributed by atoms with van der Waals surface area (Å²) in [6.07, 6.45) is 1.17. The van der Waals surface area contributed by atoms with Crippen molar-refractivity contribution in [3.05, 3.63) is 53.1 Å². The minimum absolute atomic E-state index is 0.231. The zero-order valence-electron chi connectivity index (χ0n) is 11.3. The van der Waals surface area contributed by atoms with Crippen LogP contribution in [-0.4, -0.2) is 6.54 Å². The first-order valence-corrected chi connectivity index (χ1v) is 7.08. The molecule has 0 amide bonds. The number of fused-ring (bicyclic) bond motifs is 1. The number of hydrogen-bond acceptors (Lipinski definition) is 1. The summed E-state index contributed by atoms with van der Waals surface area (Å²) in [6, 6.07) is 14.7. The SMILES string of the molecule is CC1(C)CCNc2ccc(-c3cccc(Cl)c3)cc21. The highest BCUT2D eigenvalue weighted by Gasteiger charge is 2.27. The summed E-state index contributed by atoms with van der Waals surface area (Å²) >= 11 is 6.08. The molecule has 0 spiro atoms. The van der Waals surface area contributed by atoms with Crippen LogP contribution in [0.15, 0.2) is 42.5 Å². The Labute approximate surface area is 119 Å². The molecular formula is C17H18ClN. The van der Waals surface area contributed by atoms with Crippen molar-refractivity contribution in [2.45, 2.75) is 25.7 Å². The van der Waals surface area contributed by atoms with E-state index in [4.69, 9.17) is 11.6 Å². The van der Waals surface area contributed by atoms with Gasteiger partial charge in [0.2, 0.25) is 0 Å². The molecule has 0 fully saturated rings. The number of rotatable bonds is 1. The largest absolute Gasteiger partial charge is 0.385 e. The first-order chi connectivity index (χ1) is 9.06. The highest BCUT2D eigenvalue weighted by atomic mass is 35.5. The first kappa shape index (κ1) is 12.6. The molecule has 0 unspecified atom stereocenters. The molecular weight excluding hydrogens is 254 g/mol. The van der Waals surface area contributed by atoms with E-state index < -0.39 is 0 Å². The topological polar surface area (TPSA) is 12.0 Å². The van der Waals surface area contributed by atoms with Gasteiger partial charge in [-0.2, -0.15) is 0 Å². The van der Waals surface area contributed by atoms with Crippen LogP contribution in [0.4, 0.5) is 5.69 Å². The van der Waals surface area contributed by atoms with Crippen molar-refractivity contribution >= 4 is 17.3 Å². The van der Waals surface area contributed by atoms with Crippen LogP contribution >= 0.6 is 11.6 Å². The summed E-state index contributed by atoms with van der Waals surface area (Å²) in [6.45, 7) is 5.68. The van der Waals surface area contributed by atoms with Crippen molar-refractivity contribution in [2.24, 2.45) is 0 Å². The molecule has 1 nitrogen and oxygen atoms in total. The molecule has 0 aromatic heterocycles. The van der Waals surface area contributed by atoms with E-state index in [9.17, 15) is 0 Å². The molecule has 0 aliphatic carbocycles. The maximum absolute atomic E-state index is 6.08. The average Bonchev–Trinajstić information content (AvgIpc) is 2.38. The van der Waals surface area contributed by atoms with Crippen LogP contribution in [0.1, 0.15) is 25.8 Å². The highest BCUT2D eigenvalue weighted by molar-refractivity contribution is 6.30. The molecule has 2 heteroatoms. The van der Waals surface area contributed by atoms with Crippen molar-refractivity contribution in [1.29, 1.82) is 0 Å². The Bertz CT molecular complexity index is 616. The Kier molecular flexibility index (Phi) is 3.02. The van der Waals surface area contributed by atoms with Crippen molar-refractivity contribution in [3.8, 4) is 11.1 Å². The zero-order chi connectivity index (χ0) is 13.5. The number of benzene rings is 2. The molecule has 1 heterocycles. The Balaban J connectivity index is 2.10. The standard InChI is InChI=1S/C17H18ClN/c1-17(2)8-9-19-16-7-6-13(11-15(16)17)12-4-3-5-14(18)10-12/h3-7,10-11,19H,8-9H2,1-2H3. The van der Waals surface area contributed by atoms with Gasteiger partial charge < -0.3 is 5.32 Å². The van der Waals surface area contributed by atoms with Gasteiger partial charge >= 0.3 is 0 Å². The van der Waals surface area contributed by atoms with E-state index in [1.54, 1.807) is 0 Å². The summed E-state index contributed by atoms with van der Waals surface area (Å²) in [7, 11) is 0. The lowest BCUT2D eigenvalue weighted by molar-refractivity contribution is 0.482. The molecule has 19 heavy (non-hydrogen) atoms. The lowest BCUT2D eigenvalue weighted by Crippen LogP contribution is -2.28.